The minimum atomic E-state index is -0.0213. The van der Waals surface area contributed by atoms with Gasteiger partial charge >= 0.3 is 0 Å². The molecule has 0 spiro atoms. The van der Waals surface area contributed by atoms with Crippen LogP contribution in [0, 0.1) is 6.92 Å². The SMILES string of the molecule is Cc1cc(NC(=O)CCN2CCC[C@@H]2c2ccccc2)no1. The molecule has 0 unspecified atom stereocenters. The summed E-state index contributed by atoms with van der Waals surface area (Å²) in [6, 6.07) is 12.7. The standard InChI is InChI=1S/C17H21N3O2/c1-13-12-16(19-22-13)18-17(21)9-11-20-10-5-8-15(20)14-6-3-2-4-7-14/h2-4,6-7,12,15H,5,8-11H2,1H3,(H,18,19,21)/t15-/m1/s1. The minimum Gasteiger partial charge on any atom is -0.360 e. The first kappa shape index (κ1) is 14.8. The number of nitrogens with one attached hydrogen (secondary N) is 1. The summed E-state index contributed by atoms with van der Waals surface area (Å²) in [5.74, 6) is 1.16. The van der Waals surface area contributed by atoms with Crippen LogP contribution in [0.4, 0.5) is 5.82 Å². The van der Waals surface area contributed by atoms with E-state index < -0.39 is 0 Å². The normalized spacial score (nSPS) is 18.5. The van der Waals surface area contributed by atoms with Crippen molar-refractivity contribution in [2.24, 2.45) is 0 Å². The van der Waals surface area contributed by atoms with Gasteiger partial charge in [-0.1, -0.05) is 35.5 Å². The second kappa shape index (κ2) is 6.75. The van der Waals surface area contributed by atoms with Gasteiger partial charge in [0.15, 0.2) is 5.82 Å². The van der Waals surface area contributed by atoms with Crippen molar-refractivity contribution < 1.29 is 9.32 Å². The van der Waals surface area contributed by atoms with Gasteiger partial charge in [0.1, 0.15) is 5.76 Å². The fourth-order valence-electron chi connectivity index (χ4n) is 3.02. The lowest BCUT2D eigenvalue weighted by molar-refractivity contribution is -0.116. The molecule has 1 N–H and O–H groups in total. The third kappa shape index (κ3) is 3.54. The van der Waals surface area contributed by atoms with Gasteiger partial charge in [0.2, 0.25) is 5.91 Å². The number of nitrogens with zero attached hydrogens (tertiary/aromatic N) is 2. The van der Waals surface area contributed by atoms with Gasteiger partial charge in [-0.15, -0.1) is 0 Å². The molecule has 1 fully saturated rings. The zero-order valence-electron chi connectivity index (χ0n) is 12.8. The quantitative estimate of drug-likeness (QED) is 0.921. The predicted molar refractivity (Wildman–Crippen MR) is 84.5 cm³/mol. The summed E-state index contributed by atoms with van der Waals surface area (Å²) in [7, 11) is 0. The van der Waals surface area contributed by atoms with E-state index in [1.165, 1.54) is 12.0 Å². The van der Waals surface area contributed by atoms with Crippen molar-refractivity contribution in [1.29, 1.82) is 0 Å². The molecule has 2 aromatic rings. The number of benzene rings is 1. The minimum absolute atomic E-state index is 0.0213. The number of hydrogen-bond donors (Lipinski definition) is 1. The fourth-order valence-corrected chi connectivity index (χ4v) is 3.02. The van der Waals surface area contributed by atoms with E-state index >= 15 is 0 Å². The lowest BCUT2D eigenvalue weighted by atomic mass is 10.0. The van der Waals surface area contributed by atoms with Gasteiger partial charge in [0.05, 0.1) is 0 Å². The summed E-state index contributed by atoms with van der Waals surface area (Å²) in [5, 5.41) is 6.55. The van der Waals surface area contributed by atoms with Crippen molar-refractivity contribution in [2.45, 2.75) is 32.2 Å². The first-order chi connectivity index (χ1) is 10.7. The van der Waals surface area contributed by atoms with Gasteiger partial charge in [0, 0.05) is 25.1 Å². The molecule has 0 aliphatic carbocycles. The van der Waals surface area contributed by atoms with Gasteiger partial charge in [-0.05, 0) is 31.9 Å². The average Bonchev–Trinajstić information content (AvgIpc) is 3.15. The lowest BCUT2D eigenvalue weighted by Gasteiger charge is -2.24. The highest BCUT2D eigenvalue weighted by molar-refractivity contribution is 5.89. The summed E-state index contributed by atoms with van der Waals surface area (Å²) in [6.07, 6.45) is 2.81. The molecular formula is C17H21N3O2. The second-order valence-electron chi connectivity index (χ2n) is 5.73. The topological polar surface area (TPSA) is 58.4 Å². The van der Waals surface area contributed by atoms with E-state index in [4.69, 9.17) is 4.52 Å². The van der Waals surface area contributed by atoms with Crippen molar-refractivity contribution in [3.8, 4) is 0 Å². The second-order valence-corrected chi connectivity index (χ2v) is 5.73. The summed E-state index contributed by atoms with van der Waals surface area (Å²) in [6.45, 7) is 3.62. The summed E-state index contributed by atoms with van der Waals surface area (Å²) >= 11 is 0. The molecule has 1 aliphatic rings. The van der Waals surface area contributed by atoms with Crippen LogP contribution in [0.3, 0.4) is 0 Å². The number of anilines is 1. The molecule has 3 rings (SSSR count). The number of carbonyl (C=O) groups excluding carboxylic acids is 1. The molecule has 1 saturated heterocycles. The number of aromatic nitrogens is 1. The highest BCUT2D eigenvalue weighted by Gasteiger charge is 2.25. The number of amides is 1. The van der Waals surface area contributed by atoms with Gasteiger partial charge in [0.25, 0.3) is 0 Å². The largest absolute Gasteiger partial charge is 0.360 e. The number of likely N-dealkylation sites (tertiary alicyclic amines) is 1. The molecule has 1 aliphatic heterocycles. The van der Waals surface area contributed by atoms with Crippen LogP contribution < -0.4 is 5.32 Å². The van der Waals surface area contributed by atoms with Crippen LogP contribution in [0.25, 0.3) is 0 Å². The van der Waals surface area contributed by atoms with Crippen LogP contribution in [0.1, 0.15) is 36.6 Å². The van der Waals surface area contributed by atoms with E-state index in [0.717, 1.165) is 19.5 Å². The summed E-state index contributed by atoms with van der Waals surface area (Å²) in [5.41, 5.74) is 1.34. The Labute approximate surface area is 130 Å². The van der Waals surface area contributed by atoms with Gasteiger partial charge in [-0.2, -0.15) is 0 Å². The first-order valence-corrected chi connectivity index (χ1v) is 7.74. The Morgan fingerprint density at radius 3 is 2.95 bits per heavy atom. The number of rotatable bonds is 5. The van der Waals surface area contributed by atoms with E-state index in [1.54, 1.807) is 13.0 Å². The summed E-state index contributed by atoms with van der Waals surface area (Å²) in [4.78, 5) is 14.4. The highest BCUT2D eigenvalue weighted by Crippen LogP contribution is 2.31. The molecule has 116 valence electrons. The molecule has 22 heavy (non-hydrogen) atoms. The van der Waals surface area contributed by atoms with Crippen LogP contribution in [-0.2, 0) is 4.79 Å². The van der Waals surface area contributed by atoms with Crippen LogP contribution >= 0.6 is 0 Å². The molecule has 2 heterocycles. The van der Waals surface area contributed by atoms with Crippen LogP contribution in [-0.4, -0.2) is 29.1 Å². The molecule has 1 aromatic carbocycles. The molecule has 0 saturated carbocycles. The van der Waals surface area contributed by atoms with Crippen molar-refractivity contribution in [1.82, 2.24) is 10.1 Å². The maximum absolute atomic E-state index is 12.0. The lowest BCUT2D eigenvalue weighted by Crippen LogP contribution is -2.27. The van der Waals surface area contributed by atoms with Gasteiger partial charge in [-0.25, -0.2) is 0 Å². The van der Waals surface area contributed by atoms with E-state index in [-0.39, 0.29) is 5.91 Å². The van der Waals surface area contributed by atoms with Crippen molar-refractivity contribution in [2.75, 3.05) is 18.4 Å². The van der Waals surface area contributed by atoms with Gasteiger partial charge in [-0.3, -0.25) is 9.69 Å². The molecule has 0 bridgehead atoms. The predicted octanol–water partition coefficient (Wildman–Crippen LogP) is 3.15. The molecular weight excluding hydrogens is 278 g/mol. The molecule has 5 nitrogen and oxygen atoms in total. The van der Waals surface area contributed by atoms with E-state index in [2.05, 4.69) is 39.6 Å². The Morgan fingerprint density at radius 2 is 2.23 bits per heavy atom. The monoisotopic (exact) mass is 299 g/mol. The number of aryl methyl sites for hydroxylation is 1. The maximum Gasteiger partial charge on any atom is 0.226 e. The third-order valence-corrected chi connectivity index (χ3v) is 4.07. The van der Waals surface area contributed by atoms with E-state index in [0.29, 0.717) is 24.0 Å². The maximum atomic E-state index is 12.0. The van der Waals surface area contributed by atoms with Crippen molar-refractivity contribution in [3.63, 3.8) is 0 Å². The van der Waals surface area contributed by atoms with Crippen LogP contribution in [0.5, 0.6) is 0 Å². The first-order valence-electron chi connectivity index (χ1n) is 7.74. The molecule has 1 atom stereocenters. The Morgan fingerprint density at radius 1 is 1.41 bits per heavy atom. The van der Waals surface area contributed by atoms with Crippen LogP contribution in [0.15, 0.2) is 40.9 Å². The molecule has 0 radical (unpaired) electrons. The smallest absolute Gasteiger partial charge is 0.226 e. The number of hydrogen-bond acceptors (Lipinski definition) is 4. The Hall–Kier alpha value is -2.14. The van der Waals surface area contributed by atoms with E-state index in [9.17, 15) is 4.79 Å². The third-order valence-electron chi connectivity index (χ3n) is 4.07. The van der Waals surface area contributed by atoms with Crippen LogP contribution in [0.2, 0.25) is 0 Å². The van der Waals surface area contributed by atoms with Crippen molar-refractivity contribution >= 4 is 11.7 Å². The average molecular weight is 299 g/mol. The zero-order chi connectivity index (χ0) is 15.4. The molecule has 5 heteroatoms. The Bertz CT molecular complexity index is 624. The molecule has 1 aromatic heterocycles. The summed E-state index contributed by atoms with van der Waals surface area (Å²) < 4.78 is 4.94. The number of carbonyl (C=O) groups is 1. The van der Waals surface area contributed by atoms with Gasteiger partial charge < -0.3 is 9.84 Å². The highest BCUT2D eigenvalue weighted by atomic mass is 16.5. The molecule has 1 amide bonds. The fraction of sp³-hybridized carbons (Fsp3) is 0.412. The van der Waals surface area contributed by atoms with E-state index in [1.807, 2.05) is 6.07 Å². The zero-order valence-corrected chi connectivity index (χ0v) is 12.8. The Kier molecular flexibility index (Phi) is 4.53. The Balaban J connectivity index is 1.53. The van der Waals surface area contributed by atoms with Crippen molar-refractivity contribution in [3.05, 3.63) is 47.7 Å².